The molecule has 1 heterocycles. The van der Waals surface area contributed by atoms with Crippen LogP contribution in [-0.2, 0) is 0 Å². The number of aliphatic hydroxyl groups excluding tert-OH is 1. The Labute approximate surface area is 59.7 Å². The summed E-state index contributed by atoms with van der Waals surface area (Å²) in [5.74, 6) is 0.600. The lowest BCUT2D eigenvalue weighted by Gasteiger charge is -1.99. The van der Waals surface area contributed by atoms with Crippen LogP contribution in [0.15, 0.2) is 10.7 Å². The van der Waals surface area contributed by atoms with Crippen molar-refractivity contribution in [1.82, 2.24) is 4.98 Å². The van der Waals surface area contributed by atoms with Crippen molar-refractivity contribution in [2.45, 2.75) is 26.4 Å². The average Bonchev–Trinajstić information content (AvgIpc) is 2.34. The average molecular weight is 141 g/mol. The summed E-state index contributed by atoms with van der Waals surface area (Å²) < 4.78 is 4.92. The molecule has 3 heteroatoms. The van der Waals surface area contributed by atoms with Crippen molar-refractivity contribution >= 4 is 0 Å². The van der Waals surface area contributed by atoms with Gasteiger partial charge in [0.25, 0.3) is 0 Å². The molecule has 0 radical (unpaired) electrons. The van der Waals surface area contributed by atoms with Gasteiger partial charge in [0.1, 0.15) is 12.0 Å². The van der Waals surface area contributed by atoms with Gasteiger partial charge < -0.3 is 9.52 Å². The molecule has 56 valence electrons. The standard InChI is InChI=1S/C7H11NO2/c1-3-7(9)6-4-10-5(2)8-6/h4,7,9H,3H2,1-2H3/t7-/m0/s1. The first-order chi connectivity index (χ1) is 4.74. The van der Waals surface area contributed by atoms with E-state index in [-0.39, 0.29) is 0 Å². The number of oxazole rings is 1. The minimum Gasteiger partial charge on any atom is -0.449 e. The summed E-state index contributed by atoms with van der Waals surface area (Å²) in [4.78, 5) is 3.96. The van der Waals surface area contributed by atoms with Gasteiger partial charge >= 0.3 is 0 Å². The van der Waals surface area contributed by atoms with Crippen LogP contribution in [-0.4, -0.2) is 10.1 Å². The highest BCUT2D eigenvalue weighted by Crippen LogP contribution is 2.14. The van der Waals surface area contributed by atoms with Gasteiger partial charge in [0, 0.05) is 6.92 Å². The Morgan fingerprint density at radius 1 is 1.80 bits per heavy atom. The Bertz CT molecular complexity index is 207. The second kappa shape index (κ2) is 2.84. The highest BCUT2D eigenvalue weighted by molar-refractivity contribution is 4.98. The second-order valence-electron chi connectivity index (χ2n) is 2.22. The Morgan fingerprint density at radius 2 is 2.50 bits per heavy atom. The highest BCUT2D eigenvalue weighted by atomic mass is 16.3. The fraction of sp³-hybridized carbons (Fsp3) is 0.571. The van der Waals surface area contributed by atoms with Crippen LogP contribution >= 0.6 is 0 Å². The van der Waals surface area contributed by atoms with Gasteiger partial charge in [-0.1, -0.05) is 6.92 Å². The van der Waals surface area contributed by atoms with Gasteiger partial charge in [-0.2, -0.15) is 0 Å². The van der Waals surface area contributed by atoms with Crippen LogP contribution in [0, 0.1) is 6.92 Å². The molecule has 1 N–H and O–H groups in total. The fourth-order valence-electron chi connectivity index (χ4n) is 0.742. The summed E-state index contributed by atoms with van der Waals surface area (Å²) in [6.45, 7) is 3.65. The number of aliphatic hydroxyl groups is 1. The topological polar surface area (TPSA) is 46.3 Å². The SMILES string of the molecule is CC[C@H](O)c1coc(C)n1. The quantitative estimate of drug-likeness (QED) is 0.677. The summed E-state index contributed by atoms with van der Waals surface area (Å²) >= 11 is 0. The highest BCUT2D eigenvalue weighted by Gasteiger charge is 2.07. The normalized spacial score (nSPS) is 13.5. The van der Waals surface area contributed by atoms with E-state index < -0.39 is 6.10 Å². The predicted octanol–water partition coefficient (Wildman–Crippen LogP) is 1.43. The van der Waals surface area contributed by atoms with E-state index in [1.54, 1.807) is 6.92 Å². The molecule has 1 atom stereocenters. The Hall–Kier alpha value is -0.830. The third-order valence-electron chi connectivity index (χ3n) is 1.36. The second-order valence-corrected chi connectivity index (χ2v) is 2.22. The van der Waals surface area contributed by atoms with Crippen LogP contribution in [0.3, 0.4) is 0 Å². The first-order valence-corrected chi connectivity index (χ1v) is 3.34. The lowest BCUT2D eigenvalue weighted by atomic mass is 10.2. The molecule has 0 saturated carbocycles. The van der Waals surface area contributed by atoms with Gasteiger partial charge in [0.2, 0.25) is 0 Å². The van der Waals surface area contributed by atoms with Gasteiger partial charge in [0.05, 0.1) is 6.10 Å². The molecule has 1 aromatic heterocycles. The van der Waals surface area contributed by atoms with Gasteiger partial charge in [-0.25, -0.2) is 4.98 Å². The summed E-state index contributed by atoms with van der Waals surface area (Å²) in [6, 6.07) is 0. The number of hydrogen-bond donors (Lipinski definition) is 1. The van der Waals surface area contributed by atoms with Crippen molar-refractivity contribution in [3.63, 3.8) is 0 Å². The van der Waals surface area contributed by atoms with E-state index in [9.17, 15) is 5.11 Å². The smallest absolute Gasteiger partial charge is 0.191 e. The molecule has 0 aliphatic carbocycles. The maximum atomic E-state index is 9.22. The molecule has 10 heavy (non-hydrogen) atoms. The Morgan fingerprint density at radius 3 is 2.90 bits per heavy atom. The molecule has 3 nitrogen and oxygen atoms in total. The maximum Gasteiger partial charge on any atom is 0.191 e. The molecule has 0 spiro atoms. The summed E-state index contributed by atoms with van der Waals surface area (Å²) in [7, 11) is 0. The molecule has 1 rings (SSSR count). The third-order valence-corrected chi connectivity index (χ3v) is 1.36. The first kappa shape index (κ1) is 7.28. The summed E-state index contributed by atoms with van der Waals surface area (Å²) in [6.07, 6.45) is 1.69. The maximum absolute atomic E-state index is 9.22. The van der Waals surface area contributed by atoms with Crippen LogP contribution in [0.4, 0.5) is 0 Å². The van der Waals surface area contributed by atoms with Crippen molar-refractivity contribution in [2.24, 2.45) is 0 Å². The van der Waals surface area contributed by atoms with Crippen LogP contribution in [0.2, 0.25) is 0 Å². The van der Waals surface area contributed by atoms with Crippen LogP contribution in [0.1, 0.15) is 31.0 Å². The van der Waals surface area contributed by atoms with E-state index >= 15 is 0 Å². The molecule has 1 aromatic rings. The first-order valence-electron chi connectivity index (χ1n) is 3.34. The third kappa shape index (κ3) is 1.36. The van der Waals surface area contributed by atoms with Gasteiger partial charge in [-0.05, 0) is 6.42 Å². The molecule has 0 saturated heterocycles. The zero-order chi connectivity index (χ0) is 7.56. The van der Waals surface area contributed by atoms with Gasteiger partial charge in [-0.3, -0.25) is 0 Å². The van der Waals surface area contributed by atoms with E-state index in [1.807, 2.05) is 6.92 Å². The monoisotopic (exact) mass is 141 g/mol. The molecule has 0 aliphatic heterocycles. The van der Waals surface area contributed by atoms with E-state index in [1.165, 1.54) is 6.26 Å². The van der Waals surface area contributed by atoms with Crippen molar-refractivity contribution in [3.05, 3.63) is 17.8 Å². The lowest BCUT2D eigenvalue weighted by Crippen LogP contribution is -1.94. The van der Waals surface area contributed by atoms with Crippen molar-refractivity contribution < 1.29 is 9.52 Å². The molecule has 0 aliphatic rings. The molecular weight excluding hydrogens is 130 g/mol. The molecule has 0 fully saturated rings. The van der Waals surface area contributed by atoms with E-state index in [0.717, 1.165) is 0 Å². The number of aryl methyl sites for hydroxylation is 1. The van der Waals surface area contributed by atoms with E-state index in [4.69, 9.17) is 4.42 Å². The number of hydrogen-bond acceptors (Lipinski definition) is 3. The van der Waals surface area contributed by atoms with Crippen LogP contribution in [0.25, 0.3) is 0 Å². The van der Waals surface area contributed by atoms with Crippen molar-refractivity contribution in [1.29, 1.82) is 0 Å². The van der Waals surface area contributed by atoms with Crippen molar-refractivity contribution in [2.75, 3.05) is 0 Å². The number of nitrogens with zero attached hydrogens (tertiary/aromatic N) is 1. The van der Waals surface area contributed by atoms with Crippen molar-refractivity contribution in [3.8, 4) is 0 Å². The van der Waals surface area contributed by atoms with Gasteiger partial charge in [-0.15, -0.1) is 0 Å². The lowest BCUT2D eigenvalue weighted by molar-refractivity contribution is 0.168. The molecule has 0 amide bonds. The Balaban J connectivity index is 2.74. The minimum atomic E-state index is -0.475. The summed E-state index contributed by atoms with van der Waals surface area (Å²) in [5, 5.41) is 9.22. The largest absolute Gasteiger partial charge is 0.449 e. The van der Waals surface area contributed by atoms with Crippen LogP contribution in [0.5, 0.6) is 0 Å². The molecular formula is C7H11NO2. The number of rotatable bonds is 2. The predicted molar refractivity (Wildman–Crippen MR) is 36.5 cm³/mol. The van der Waals surface area contributed by atoms with E-state index in [2.05, 4.69) is 4.98 Å². The van der Waals surface area contributed by atoms with Gasteiger partial charge in [0.15, 0.2) is 5.89 Å². The van der Waals surface area contributed by atoms with E-state index in [0.29, 0.717) is 18.0 Å². The Kier molecular flexibility index (Phi) is 2.06. The summed E-state index contributed by atoms with van der Waals surface area (Å²) in [5.41, 5.74) is 0.625. The minimum absolute atomic E-state index is 0.475. The zero-order valence-electron chi connectivity index (χ0n) is 6.16. The molecule has 0 bridgehead atoms. The fourth-order valence-corrected chi connectivity index (χ4v) is 0.742. The molecule has 0 aromatic carbocycles. The molecule has 0 unspecified atom stereocenters. The zero-order valence-corrected chi connectivity index (χ0v) is 6.16. The number of aromatic nitrogens is 1. The van der Waals surface area contributed by atoms with Crippen LogP contribution < -0.4 is 0 Å².